The van der Waals surface area contributed by atoms with Gasteiger partial charge in [0.25, 0.3) is 0 Å². The predicted molar refractivity (Wildman–Crippen MR) is 68.9 cm³/mol. The standard InChI is InChI=1S/C9H12N2O.2C2H6/c1-6(12)9-4-7-5-10-3-2-8(7)11-9;2*1-2/h4,10-11H,2-3,5H2,1H3;2*1-2H3. The number of fused-ring (bicyclic) bond motifs is 1. The number of nitrogens with one attached hydrogen (secondary N) is 2. The predicted octanol–water partition coefficient (Wildman–Crippen LogP) is 2.92. The molecule has 1 aliphatic heterocycles. The molecule has 2 heterocycles. The molecule has 1 aromatic rings. The van der Waals surface area contributed by atoms with E-state index >= 15 is 0 Å². The average Bonchev–Trinajstić information content (AvgIpc) is 2.78. The van der Waals surface area contributed by atoms with Crippen LogP contribution in [0.25, 0.3) is 0 Å². The molecule has 0 saturated carbocycles. The summed E-state index contributed by atoms with van der Waals surface area (Å²) in [4.78, 5) is 14.2. The van der Waals surface area contributed by atoms with Crippen molar-refractivity contribution < 1.29 is 4.79 Å². The van der Waals surface area contributed by atoms with Crippen LogP contribution in [0.2, 0.25) is 0 Å². The molecule has 0 radical (unpaired) electrons. The highest BCUT2D eigenvalue weighted by Crippen LogP contribution is 2.14. The molecular formula is C13H24N2O. The second kappa shape index (κ2) is 8.11. The second-order valence-electron chi connectivity index (χ2n) is 3.17. The van der Waals surface area contributed by atoms with Crippen LogP contribution in [0, 0.1) is 0 Å². The minimum atomic E-state index is 0.115. The summed E-state index contributed by atoms with van der Waals surface area (Å²) >= 11 is 0. The Bertz CT molecular complexity index is 292. The van der Waals surface area contributed by atoms with Crippen molar-refractivity contribution in [2.24, 2.45) is 0 Å². The topological polar surface area (TPSA) is 44.9 Å². The van der Waals surface area contributed by atoms with Crippen LogP contribution in [0.15, 0.2) is 6.07 Å². The molecule has 0 fully saturated rings. The fraction of sp³-hybridized carbons (Fsp3) is 0.615. The lowest BCUT2D eigenvalue weighted by molar-refractivity contribution is 0.101. The number of hydrogen-bond acceptors (Lipinski definition) is 2. The van der Waals surface area contributed by atoms with Gasteiger partial charge in [-0.05, 0) is 11.6 Å². The van der Waals surface area contributed by atoms with Crippen LogP contribution >= 0.6 is 0 Å². The van der Waals surface area contributed by atoms with Gasteiger partial charge in [0.2, 0.25) is 0 Å². The molecule has 0 amide bonds. The third-order valence-electron chi connectivity index (χ3n) is 2.24. The van der Waals surface area contributed by atoms with Crippen LogP contribution in [0.1, 0.15) is 56.4 Å². The normalized spacial score (nSPS) is 12.6. The summed E-state index contributed by atoms with van der Waals surface area (Å²) in [5.41, 5.74) is 3.20. The van der Waals surface area contributed by atoms with Crippen LogP contribution in [0.4, 0.5) is 0 Å². The molecule has 0 saturated heterocycles. The Kier molecular flexibility index (Phi) is 7.56. The molecule has 0 unspecified atom stereocenters. The summed E-state index contributed by atoms with van der Waals surface area (Å²) in [5.74, 6) is 0.115. The van der Waals surface area contributed by atoms with Gasteiger partial charge in [-0.1, -0.05) is 27.7 Å². The Balaban J connectivity index is 0.000000509. The Morgan fingerprint density at radius 1 is 1.25 bits per heavy atom. The Hall–Kier alpha value is -1.09. The van der Waals surface area contributed by atoms with Crippen molar-refractivity contribution in [3.63, 3.8) is 0 Å². The van der Waals surface area contributed by atoms with E-state index in [0.29, 0.717) is 0 Å². The fourth-order valence-corrected chi connectivity index (χ4v) is 1.55. The third kappa shape index (κ3) is 3.81. The lowest BCUT2D eigenvalue weighted by atomic mass is 10.1. The molecule has 1 aromatic heterocycles. The summed E-state index contributed by atoms with van der Waals surface area (Å²) < 4.78 is 0. The van der Waals surface area contributed by atoms with Gasteiger partial charge in [0.1, 0.15) is 0 Å². The van der Waals surface area contributed by atoms with Crippen LogP contribution in [-0.2, 0) is 13.0 Å². The first kappa shape index (κ1) is 14.9. The number of carbonyl (C=O) groups excluding carboxylic acids is 1. The maximum Gasteiger partial charge on any atom is 0.175 e. The first-order valence-electron chi connectivity index (χ1n) is 6.20. The summed E-state index contributed by atoms with van der Waals surface area (Å²) in [7, 11) is 0. The van der Waals surface area contributed by atoms with Gasteiger partial charge in [0.15, 0.2) is 5.78 Å². The zero-order chi connectivity index (χ0) is 12.6. The molecule has 2 N–H and O–H groups in total. The SMILES string of the molecule is CC.CC.CC(=O)c1cc2c([nH]1)CCNC2. The van der Waals surface area contributed by atoms with E-state index < -0.39 is 0 Å². The molecule has 0 spiro atoms. The maximum atomic E-state index is 11.0. The molecule has 3 heteroatoms. The summed E-state index contributed by atoms with van der Waals surface area (Å²) in [6, 6.07) is 1.95. The minimum absolute atomic E-state index is 0.115. The van der Waals surface area contributed by atoms with E-state index in [1.807, 2.05) is 33.8 Å². The fourth-order valence-electron chi connectivity index (χ4n) is 1.55. The first-order valence-corrected chi connectivity index (χ1v) is 6.20. The van der Waals surface area contributed by atoms with Crippen LogP contribution in [0.5, 0.6) is 0 Å². The number of hydrogen-bond donors (Lipinski definition) is 2. The molecule has 0 bridgehead atoms. The van der Waals surface area contributed by atoms with Gasteiger partial charge >= 0.3 is 0 Å². The van der Waals surface area contributed by atoms with Gasteiger partial charge in [-0.2, -0.15) is 0 Å². The molecule has 0 aromatic carbocycles. The zero-order valence-corrected chi connectivity index (χ0v) is 11.1. The molecule has 16 heavy (non-hydrogen) atoms. The number of ketones is 1. The van der Waals surface area contributed by atoms with Gasteiger partial charge in [0, 0.05) is 32.1 Å². The van der Waals surface area contributed by atoms with Crippen molar-refractivity contribution in [1.82, 2.24) is 10.3 Å². The molecular weight excluding hydrogens is 200 g/mol. The quantitative estimate of drug-likeness (QED) is 0.720. The Morgan fingerprint density at radius 3 is 2.38 bits per heavy atom. The maximum absolute atomic E-state index is 11.0. The van der Waals surface area contributed by atoms with E-state index in [1.165, 1.54) is 11.3 Å². The van der Waals surface area contributed by atoms with E-state index in [1.54, 1.807) is 6.92 Å². The van der Waals surface area contributed by atoms with Crippen LogP contribution < -0.4 is 5.32 Å². The highest BCUT2D eigenvalue weighted by Gasteiger charge is 2.13. The van der Waals surface area contributed by atoms with Gasteiger partial charge in [-0.3, -0.25) is 4.79 Å². The third-order valence-corrected chi connectivity index (χ3v) is 2.24. The van der Waals surface area contributed by atoms with E-state index in [-0.39, 0.29) is 5.78 Å². The second-order valence-corrected chi connectivity index (χ2v) is 3.17. The van der Waals surface area contributed by atoms with Crippen molar-refractivity contribution in [2.75, 3.05) is 6.54 Å². The van der Waals surface area contributed by atoms with E-state index in [4.69, 9.17) is 0 Å². The van der Waals surface area contributed by atoms with Crippen LogP contribution in [-0.4, -0.2) is 17.3 Å². The minimum Gasteiger partial charge on any atom is -0.356 e. The van der Waals surface area contributed by atoms with Crippen molar-refractivity contribution >= 4 is 5.78 Å². The van der Waals surface area contributed by atoms with Crippen molar-refractivity contribution in [1.29, 1.82) is 0 Å². The van der Waals surface area contributed by atoms with Gasteiger partial charge in [-0.15, -0.1) is 0 Å². The molecule has 0 atom stereocenters. The number of aromatic amines is 1. The number of Topliss-reactive ketones (excluding diaryl/α,β-unsaturated/α-hetero) is 1. The highest BCUT2D eigenvalue weighted by molar-refractivity contribution is 5.92. The number of H-pyrrole nitrogens is 1. The van der Waals surface area contributed by atoms with E-state index in [0.717, 1.165) is 25.2 Å². The van der Waals surface area contributed by atoms with E-state index in [9.17, 15) is 4.79 Å². The van der Waals surface area contributed by atoms with Gasteiger partial charge < -0.3 is 10.3 Å². The molecule has 1 aliphatic rings. The molecule has 0 aliphatic carbocycles. The first-order chi connectivity index (χ1) is 7.77. The summed E-state index contributed by atoms with van der Waals surface area (Å²) in [5, 5.41) is 3.26. The van der Waals surface area contributed by atoms with Crippen molar-refractivity contribution in [2.45, 2.75) is 47.6 Å². The summed E-state index contributed by atoms with van der Waals surface area (Å²) in [6.07, 6.45) is 1.00. The number of aromatic nitrogens is 1. The zero-order valence-electron chi connectivity index (χ0n) is 11.1. The Labute approximate surface area is 98.6 Å². The molecule has 2 rings (SSSR count). The highest BCUT2D eigenvalue weighted by atomic mass is 16.1. The van der Waals surface area contributed by atoms with E-state index in [2.05, 4.69) is 10.3 Å². The monoisotopic (exact) mass is 224 g/mol. The summed E-state index contributed by atoms with van der Waals surface area (Å²) in [6.45, 7) is 11.5. The lowest BCUT2D eigenvalue weighted by Crippen LogP contribution is -2.22. The van der Waals surface area contributed by atoms with Gasteiger partial charge in [0.05, 0.1) is 5.69 Å². The lowest BCUT2D eigenvalue weighted by Gasteiger charge is -2.11. The van der Waals surface area contributed by atoms with Crippen LogP contribution in [0.3, 0.4) is 0 Å². The Morgan fingerprint density at radius 2 is 1.88 bits per heavy atom. The smallest absolute Gasteiger partial charge is 0.175 e. The molecule has 3 nitrogen and oxygen atoms in total. The van der Waals surface area contributed by atoms with Crippen molar-refractivity contribution in [3.8, 4) is 0 Å². The average molecular weight is 224 g/mol. The van der Waals surface area contributed by atoms with Crippen molar-refractivity contribution in [3.05, 3.63) is 23.0 Å². The van der Waals surface area contributed by atoms with Gasteiger partial charge in [-0.25, -0.2) is 0 Å². The largest absolute Gasteiger partial charge is 0.356 e. The molecule has 92 valence electrons. The number of carbonyl (C=O) groups is 1. The number of rotatable bonds is 1.